The zero-order valence-corrected chi connectivity index (χ0v) is 6.95. The molecule has 0 saturated heterocycles. The number of nitrogens with zero attached hydrogens (tertiary/aromatic N) is 1. The van der Waals surface area contributed by atoms with E-state index in [1.54, 1.807) is 0 Å². The SMILES string of the molecule is Cc1ccc(C[C@H](C#N)CO)o1. The molecule has 1 rings (SSSR count). The third-order valence-corrected chi connectivity index (χ3v) is 1.65. The number of hydrogen-bond donors (Lipinski definition) is 1. The van der Waals surface area contributed by atoms with Crippen LogP contribution in [0.25, 0.3) is 0 Å². The van der Waals surface area contributed by atoms with Gasteiger partial charge in [0.15, 0.2) is 0 Å². The van der Waals surface area contributed by atoms with Gasteiger partial charge in [-0.05, 0) is 19.1 Å². The number of aryl methyl sites for hydroxylation is 1. The van der Waals surface area contributed by atoms with Crippen LogP contribution in [0.1, 0.15) is 11.5 Å². The molecular formula is C9H11NO2. The summed E-state index contributed by atoms with van der Waals surface area (Å²) >= 11 is 0. The first-order valence-corrected chi connectivity index (χ1v) is 3.82. The van der Waals surface area contributed by atoms with Crippen molar-refractivity contribution in [1.82, 2.24) is 0 Å². The molecule has 0 aliphatic carbocycles. The summed E-state index contributed by atoms with van der Waals surface area (Å²) in [4.78, 5) is 0. The van der Waals surface area contributed by atoms with Gasteiger partial charge in [-0.3, -0.25) is 0 Å². The lowest BCUT2D eigenvalue weighted by Gasteiger charge is -2.00. The van der Waals surface area contributed by atoms with Crippen molar-refractivity contribution in [2.75, 3.05) is 6.61 Å². The fourth-order valence-electron chi connectivity index (χ4n) is 0.989. The van der Waals surface area contributed by atoms with Crippen LogP contribution >= 0.6 is 0 Å². The van der Waals surface area contributed by atoms with Crippen molar-refractivity contribution in [1.29, 1.82) is 5.26 Å². The van der Waals surface area contributed by atoms with Gasteiger partial charge in [0, 0.05) is 6.42 Å². The number of furan rings is 1. The second-order valence-electron chi connectivity index (χ2n) is 2.73. The van der Waals surface area contributed by atoms with E-state index in [-0.39, 0.29) is 12.5 Å². The summed E-state index contributed by atoms with van der Waals surface area (Å²) in [6, 6.07) is 5.68. The van der Waals surface area contributed by atoms with Crippen molar-refractivity contribution in [3.05, 3.63) is 23.7 Å². The number of hydrogen-bond acceptors (Lipinski definition) is 3. The van der Waals surface area contributed by atoms with E-state index in [0.717, 1.165) is 11.5 Å². The molecule has 0 spiro atoms. The Labute approximate surface area is 71.2 Å². The predicted octanol–water partition coefficient (Wildman–Crippen LogP) is 1.26. The van der Waals surface area contributed by atoms with Crippen molar-refractivity contribution in [2.24, 2.45) is 5.92 Å². The molecule has 3 nitrogen and oxygen atoms in total. The lowest BCUT2D eigenvalue weighted by Crippen LogP contribution is -2.05. The molecule has 0 unspecified atom stereocenters. The number of nitriles is 1. The smallest absolute Gasteiger partial charge is 0.105 e. The van der Waals surface area contributed by atoms with Crippen LogP contribution in [0.2, 0.25) is 0 Å². The van der Waals surface area contributed by atoms with Gasteiger partial charge in [0.1, 0.15) is 11.5 Å². The van der Waals surface area contributed by atoms with E-state index in [0.29, 0.717) is 6.42 Å². The molecule has 0 radical (unpaired) electrons. The highest BCUT2D eigenvalue weighted by molar-refractivity contribution is 5.07. The van der Waals surface area contributed by atoms with E-state index in [1.807, 2.05) is 25.1 Å². The minimum absolute atomic E-state index is 0.115. The Kier molecular flexibility index (Phi) is 2.89. The summed E-state index contributed by atoms with van der Waals surface area (Å²) in [5.74, 6) is 1.24. The maximum atomic E-state index is 8.73. The standard InChI is InChI=1S/C9H11NO2/c1-7-2-3-9(12-7)4-8(5-10)6-11/h2-3,8,11H,4,6H2,1H3/t8-/m1/s1. The zero-order chi connectivity index (χ0) is 8.97. The normalized spacial score (nSPS) is 12.4. The van der Waals surface area contributed by atoms with Crippen LogP contribution in [0.3, 0.4) is 0 Å². The third-order valence-electron chi connectivity index (χ3n) is 1.65. The summed E-state index contributed by atoms with van der Waals surface area (Å²) < 4.78 is 5.26. The molecule has 0 fully saturated rings. The topological polar surface area (TPSA) is 57.2 Å². The average Bonchev–Trinajstić information content (AvgIpc) is 2.47. The lowest BCUT2D eigenvalue weighted by atomic mass is 10.1. The Hall–Kier alpha value is -1.27. The summed E-state index contributed by atoms with van der Waals surface area (Å²) in [6.45, 7) is 1.74. The monoisotopic (exact) mass is 165 g/mol. The molecule has 0 amide bonds. The van der Waals surface area contributed by atoms with E-state index >= 15 is 0 Å². The van der Waals surface area contributed by atoms with Gasteiger partial charge in [-0.2, -0.15) is 5.26 Å². The van der Waals surface area contributed by atoms with Crippen molar-refractivity contribution >= 4 is 0 Å². The maximum Gasteiger partial charge on any atom is 0.105 e. The molecule has 64 valence electrons. The van der Waals surface area contributed by atoms with Crippen LogP contribution in [0, 0.1) is 24.2 Å². The Morgan fingerprint density at radius 2 is 2.42 bits per heavy atom. The third kappa shape index (κ3) is 2.11. The zero-order valence-electron chi connectivity index (χ0n) is 6.95. The minimum Gasteiger partial charge on any atom is -0.466 e. The summed E-state index contributed by atoms with van der Waals surface area (Å²) in [7, 11) is 0. The van der Waals surface area contributed by atoms with Crippen LogP contribution in [0.4, 0.5) is 0 Å². The Morgan fingerprint density at radius 1 is 1.67 bits per heavy atom. The van der Waals surface area contributed by atoms with Gasteiger partial charge in [-0.1, -0.05) is 0 Å². The van der Waals surface area contributed by atoms with E-state index in [9.17, 15) is 0 Å². The van der Waals surface area contributed by atoms with Crippen LogP contribution < -0.4 is 0 Å². The molecule has 1 heterocycles. The fourth-order valence-corrected chi connectivity index (χ4v) is 0.989. The van der Waals surface area contributed by atoms with Gasteiger partial charge in [-0.15, -0.1) is 0 Å². The molecular weight excluding hydrogens is 154 g/mol. The van der Waals surface area contributed by atoms with Gasteiger partial charge < -0.3 is 9.52 Å². The lowest BCUT2D eigenvalue weighted by molar-refractivity contribution is 0.249. The Bertz CT molecular complexity index is 285. The summed E-state index contributed by atoms with van der Waals surface area (Å²) in [6.07, 6.45) is 0.487. The molecule has 0 aliphatic rings. The van der Waals surface area contributed by atoms with Gasteiger partial charge >= 0.3 is 0 Å². The Morgan fingerprint density at radius 3 is 2.83 bits per heavy atom. The molecule has 0 aliphatic heterocycles. The highest BCUT2D eigenvalue weighted by Gasteiger charge is 2.08. The molecule has 0 aromatic carbocycles. The largest absolute Gasteiger partial charge is 0.466 e. The van der Waals surface area contributed by atoms with Gasteiger partial charge in [-0.25, -0.2) is 0 Å². The second-order valence-corrected chi connectivity index (χ2v) is 2.73. The number of aliphatic hydroxyl groups excluding tert-OH is 1. The number of rotatable bonds is 3. The molecule has 0 saturated carbocycles. The first-order valence-electron chi connectivity index (χ1n) is 3.82. The quantitative estimate of drug-likeness (QED) is 0.733. The average molecular weight is 165 g/mol. The fraction of sp³-hybridized carbons (Fsp3) is 0.444. The molecule has 1 atom stereocenters. The van der Waals surface area contributed by atoms with Crippen LogP contribution in [-0.4, -0.2) is 11.7 Å². The highest BCUT2D eigenvalue weighted by Crippen LogP contribution is 2.11. The van der Waals surface area contributed by atoms with Crippen molar-refractivity contribution in [3.63, 3.8) is 0 Å². The minimum atomic E-state index is -0.351. The number of aliphatic hydroxyl groups is 1. The highest BCUT2D eigenvalue weighted by atomic mass is 16.3. The molecule has 1 aromatic heterocycles. The first-order chi connectivity index (χ1) is 5.76. The maximum absolute atomic E-state index is 8.73. The van der Waals surface area contributed by atoms with E-state index in [2.05, 4.69) is 0 Å². The van der Waals surface area contributed by atoms with Crippen LogP contribution in [0.15, 0.2) is 16.5 Å². The molecule has 3 heteroatoms. The van der Waals surface area contributed by atoms with Gasteiger partial charge in [0.2, 0.25) is 0 Å². The summed E-state index contributed by atoms with van der Waals surface area (Å²) in [5, 5.41) is 17.3. The predicted molar refractivity (Wildman–Crippen MR) is 43.3 cm³/mol. The first kappa shape index (κ1) is 8.82. The molecule has 1 N–H and O–H groups in total. The van der Waals surface area contributed by atoms with Crippen molar-refractivity contribution in [3.8, 4) is 6.07 Å². The van der Waals surface area contributed by atoms with Crippen molar-refractivity contribution in [2.45, 2.75) is 13.3 Å². The Balaban J connectivity index is 2.58. The van der Waals surface area contributed by atoms with Crippen molar-refractivity contribution < 1.29 is 9.52 Å². The van der Waals surface area contributed by atoms with Gasteiger partial charge in [0.05, 0.1) is 18.6 Å². The van der Waals surface area contributed by atoms with Crippen LogP contribution in [-0.2, 0) is 6.42 Å². The molecule has 1 aromatic rings. The molecule has 0 bridgehead atoms. The van der Waals surface area contributed by atoms with E-state index in [1.165, 1.54) is 0 Å². The second kappa shape index (κ2) is 3.93. The van der Waals surface area contributed by atoms with Crippen LogP contribution in [0.5, 0.6) is 0 Å². The van der Waals surface area contributed by atoms with E-state index < -0.39 is 0 Å². The van der Waals surface area contributed by atoms with E-state index in [4.69, 9.17) is 14.8 Å². The molecule has 12 heavy (non-hydrogen) atoms. The summed E-state index contributed by atoms with van der Waals surface area (Å²) in [5.41, 5.74) is 0. The van der Waals surface area contributed by atoms with Gasteiger partial charge in [0.25, 0.3) is 0 Å².